The number of aromatic nitrogens is 2. The lowest BCUT2D eigenvalue weighted by Gasteiger charge is -2.13. The summed E-state index contributed by atoms with van der Waals surface area (Å²) in [4.78, 5) is 0. The van der Waals surface area contributed by atoms with Crippen molar-refractivity contribution in [2.24, 2.45) is 5.73 Å². The quantitative estimate of drug-likeness (QED) is 0.881. The van der Waals surface area contributed by atoms with Crippen molar-refractivity contribution in [2.75, 3.05) is 7.11 Å². The summed E-state index contributed by atoms with van der Waals surface area (Å²) in [5.41, 5.74) is 6.45. The monoisotopic (exact) mass is 297 g/mol. The van der Waals surface area contributed by atoms with Gasteiger partial charge >= 0.3 is 0 Å². The second kappa shape index (κ2) is 6.58. The molecule has 0 bridgehead atoms. The molecule has 0 fully saturated rings. The number of rotatable bonds is 6. The molecule has 0 saturated heterocycles. The summed E-state index contributed by atoms with van der Waals surface area (Å²) in [5, 5.41) is 8.31. The third-order valence-corrected chi connectivity index (χ3v) is 2.91. The first-order valence-corrected chi connectivity index (χ1v) is 6.56. The molecule has 20 heavy (non-hydrogen) atoms. The van der Waals surface area contributed by atoms with Gasteiger partial charge < -0.3 is 19.6 Å². The summed E-state index contributed by atoms with van der Waals surface area (Å²) < 4.78 is 16.3. The van der Waals surface area contributed by atoms with E-state index in [2.05, 4.69) is 10.2 Å². The van der Waals surface area contributed by atoms with Crippen molar-refractivity contribution in [1.29, 1.82) is 0 Å². The fraction of sp³-hybridized carbons (Fsp3) is 0.385. The second-order valence-electron chi connectivity index (χ2n) is 4.03. The topological polar surface area (TPSA) is 83.4 Å². The number of methoxy groups -OCH3 is 1. The van der Waals surface area contributed by atoms with Crippen LogP contribution in [0.5, 0.6) is 11.5 Å². The van der Waals surface area contributed by atoms with Crippen LogP contribution in [0.25, 0.3) is 0 Å². The van der Waals surface area contributed by atoms with Gasteiger partial charge in [-0.2, -0.15) is 0 Å². The molecular weight excluding hydrogens is 282 g/mol. The molecule has 7 heteroatoms. The van der Waals surface area contributed by atoms with E-state index in [1.165, 1.54) is 0 Å². The van der Waals surface area contributed by atoms with Gasteiger partial charge in [0.1, 0.15) is 0 Å². The van der Waals surface area contributed by atoms with Crippen LogP contribution in [0.15, 0.2) is 16.5 Å². The highest BCUT2D eigenvalue weighted by atomic mass is 35.5. The molecule has 108 valence electrons. The molecule has 1 aromatic carbocycles. The molecule has 0 aliphatic carbocycles. The highest BCUT2D eigenvalue weighted by Crippen LogP contribution is 2.35. The van der Waals surface area contributed by atoms with Crippen molar-refractivity contribution >= 4 is 11.6 Å². The van der Waals surface area contributed by atoms with Gasteiger partial charge in [-0.05, 0) is 6.07 Å². The molecule has 0 saturated carbocycles. The number of nitrogens with two attached hydrogens (primary N) is 1. The van der Waals surface area contributed by atoms with E-state index in [0.29, 0.717) is 34.7 Å². The molecule has 2 rings (SSSR count). The summed E-state index contributed by atoms with van der Waals surface area (Å²) in [5.74, 6) is 2.04. The van der Waals surface area contributed by atoms with E-state index in [1.54, 1.807) is 19.2 Å². The van der Waals surface area contributed by atoms with E-state index in [-0.39, 0.29) is 13.2 Å². The van der Waals surface area contributed by atoms with Crippen LogP contribution in [0.1, 0.15) is 24.3 Å². The second-order valence-corrected chi connectivity index (χ2v) is 4.47. The van der Waals surface area contributed by atoms with E-state index in [1.807, 2.05) is 6.92 Å². The fourth-order valence-electron chi connectivity index (χ4n) is 1.71. The van der Waals surface area contributed by atoms with Crippen LogP contribution >= 0.6 is 11.6 Å². The van der Waals surface area contributed by atoms with Crippen LogP contribution in [-0.4, -0.2) is 17.3 Å². The minimum absolute atomic E-state index is 0.151. The maximum atomic E-state index is 5.99. The number of benzene rings is 1. The fourth-order valence-corrected chi connectivity index (χ4v) is 1.94. The van der Waals surface area contributed by atoms with Crippen molar-refractivity contribution in [2.45, 2.75) is 26.5 Å². The standard InChI is InChI=1S/C13H16ClN3O3/c1-3-11-16-17-12(20-11)7-19-13-8(6-15)4-9(14)5-10(13)18-2/h4-5H,3,6-7,15H2,1-2H3. The molecule has 0 radical (unpaired) electrons. The normalized spacial score (nSPS) is 10.6. The van der Waals surface area contributed by atoms with Crippen molar-refractivity contribution in [3.8, 4) is 11.5 Å². The molecule has 6 nitrogen and oxygen atoms in total. The Balaban J connectivity index is 2.19. The minimum Gasteiger partial charge on any atom is -0.493 e. The lowest BCUT2D eigenvalue weighted by Crippen LogP contribution is -2.05. The number of hydrogen-bond donors (Lipinski definition) is 1. The Morgan fingerprint density at radius 3 is 2.65 bits per heavy atom. The van der Waals surface area contributed by atoms with E-state index < -0.39 is 0 Å². The number of halogens is 1. The van der Waals surface area contributed by atoms with Crippen LogP contribution in [0, 0.1) is 0 Å². The molecule has 0 spiro atoms. The van der Waals surface area contributed by atoms with Gasteiger partial charge in [0.15, 0.2) is 18.1 Å². The van der Waals surface area contributed by atoms with Crippen molar-refractivity contribution in [1.82, 2.24) is 10.2 Å². The smallest absolute Gasteiger partial charge is 0.253 e. The summed E-state index contributed by atoms with van der Waals surface area (Å²) in [6.07, 6.45) is 0.686. The van der Waals surface area contributed by atoms with Crippen LogP contribution in [0.4, 0.5) is 0 Å². The van der Waals surface area contributed by atoms with E-state index in [0.717, 1.165) is 5.56 Å². The first-order valence-electron chi connectivity index (χ1n) is 6.18. The Morgan fingerprint density at radius 1 is 1.30 bits per heavy atom. The van der Waals surface area contributed by atoms with Gasteiger partial charge in [0, 0.05) is 29.6 Å². The molecule has 0 unspecified atom stereocenters. The summed E-state index contributed by atoms with van der Waals surface area (Å²) >= 11 is 5.99. The molecule has 0 amide bonds. The third-order valence-electron chi connectivity index (χ3n) is 2.69. The molecule has 2 N–H and O–H groups in total. The first-order chi connectivity index (χ1) is 9.67. The summed E-state index contributed by atoms with van der Waals surface area (Å²) in [7, 11) is 1.54. The SMILES string of the molecule is CCc1nnc(COc2c(CN)cc(Cl)cc2OC)o1. The Kier molecular flexibility index (Phi) is 4.81. The average molecular weight is 298 g/mol. The molecular formula is C13H16ClN3O3. The number of ether oxygens (including phenoxy) is 2. The zero-order chi connectivity index (χ0) is 14.5. The van der Waals surface area contributed by atoms with Crippen LogP contribution in [-0.2, 0) is 19.6 Å². The predicted molar refractivity (Wildman–Crippen MR) is 73.9 cm³/mol. The van der Waals surface area contributed by atoms with Crippen LogP contribution in [0.3, 0.4) is 0 Å². The predicted octanol–water partition coefficient (Wildman–Crippen LogP) is 2.33. The molecule has 0 atom stereocenters. The summed E-state index contributed by atoms with van der Waals surface area (Å²) in [6.45, 7) is 2.38. The molecule has 0 aliphatic heterocycles. The molecule has 1 heterocycles. The van der Waals surface area contributed by atoms with Gasteiger partial charge in [0.25, 0.3) is 5.89 Å². The van der Waals surface area contributed by atoms with E-state index in [9.17, 15) is 0 Å². The van der Waals surface area contributed by atoms with Gasteiger partial charge in [-0.25, -0.2) is 0 Å². The Morgan fingerprint density at radius 2 is 2.05 bits per heavy atom. The molecule has 1 aromatic heterocycles. The van der Waals surface area contributed by atoms with Crippen LogP contribution < -0.4 is 15.2 Å². The minimum atomic E-state index is 0.151. The van der Waals surface area contributed by atoms with Crippen molar-refractivity contribution in [3.05, 3.63) is 34.5 Å². The molecule has 0 aliphatic rings. The third kappa shape index (κ3) is 3.20. The first kappa shape index (κ1) is 14.6. The highest BCUT2D eigenvalue weighted by molar-refractivity contribution is 6.30. The largest absolute Gasteiger partial charge is 0.493 e. The van der Waals surface area contributed by atoms with Crippen LogP contribution in [0.2, 0.25) is 5.02 Å². The summed E-state index contributed by atoms with van der Waals surface area (Å²) in [6, 6.07) is 3.41. The maximum Gasteiger partial charge on any atom is 0.253 e. The lowest BCUT2D eigenvalue weighted by molar-refractivity contribution is 0.244. The van der Waals surface area contributed by atoms with Crippen molar-refractivity contribution in [3.63, 3.8) is 0 Å². The van der Waals surface area contributed by atoms with Crippen molar-refractivity contribution < 1.29 is 13.9 Å². The Labute approximate surface area is 121 Å². The zero-order valence-electron chi connectivity index (χ0n) is 11.4. The van der Waals surface area contributed by atoms with E-state index in [4.69, 9.17) is 31.2 Å². The van der Waals surface area contributed by atoms with Gasteiger partial charge in [0.05, 0.1) is 7.11 Å². The maximum absolute atomic E-state index is 5.99. The van der Waals surface area contributed by atoms with E-state index >= 15 is 0 Å². The number of hydrogen-bond acceptors (Lipinski definition) is 6. The zero-order valence-corrected chi connectivity index (χ0v) is 12.1. The van der Waals surface area contributed by atoms with Gasteiger partial charge in [-0.3, -0.25) is 0 Å². The lowest BCUT2D eigenvalue weighted by atomic mass is 10.2. The van der Waals surface area contributed by atoms with Gasteiger partial charge in [0.2, 0.25) is 5.89 Å². The number of aryl methyl sites for hydroxylation is 1. The van der Waals surface area contributed by atoms with Gasteiger partial charge in [-0.1, -0.05) is 18.5 Å². The highest BCUT2D eigenvalue weighted by Gasteiger charge is 2.14. The Bertz CT molecular complexity index is 561. The van der Waals surface area contributed by atoms with Gasteiger partial charge in [-0.15, -0.1) is 10.2 Å². The Hall–Kier alpha value is -1.79. The average Bonchev–Trinajstić information content (AvgIpc) is 2.92. The number of nitrogens with zero attached hydrogens (tertiary/aromatic N) is 2. The molecule has 2 aromatic rings.